The lowest BCUT2D eigenvalue weighted by atomic mass is 9.82. The first kappa shape index (κ1) is 18.8. The number of nitrogens with one attached hydrogen (secondary N) is 1. The summed E-state index contributed by atoms with van der Waals surface area (Å²) in [6, 6.07) is 14.5. The minimum absolute atomic E-state index is 0.126. The molecule has 3 aliphatic rings. The van der Waals surface area contributed by atoms with Gasteiger partial charge >= 0.3 is 0 Å². The average molecular weight is 400 g/mol. The molecule has 1 N–H and O–H groups in total. The Balaban J connectivity index is 1.41. The zero-order valence-corrected chi connectivity index (χ0v) is 17.1. The Kier molecular flexibility index (Phi) is 4.35. The Labute approximate surface area is 175 Å². The maximum Gasteiger partial charge on any atom is 0.255 e. The van der Waals surface area contributed by atoms with Gasteiger partial charge in [0.15, 0.2) is 0 Å². The van der Waals surface area contributed by atoms with Gasteiger partial charge in [-0.25, -0.2) is 4.90 Å². The quantitative estimate of drug-likeness (QED) is 0.618. The molecule has 0 spiro atoms. The van der Waals surface area contributed by atoms with E-state index in [1.165, 1.54) is 10.5 Å². The van der Waals surface area contributed by atoms with E-state index in [1.54, 1.807) is 24.3 Å². The van der Waals surface area contributed by atoms with Crippen molar-refractivity contribution in [2.75, 3.05) is 10.2 Å². The van der Waals surface area contributed by atoms with Crippen molar-refractivity contribution in [2.45, 2.75) is 26.7 Å². The van der Waals surface area contributed by atoms with Gasteiger partial charge in [0, 0.05) is 11.3 Å². The normalized spacial score (nSPS) is 26.7. The van der Waals surface area contributed by atoms with Gasteiger partial charge in [-0.3, -0.25) is 14.4 Å². The molecule has 2 aromatic rings. The van der Waals surface area contributed by atoms with Gasteiger partial charge in [-0.15, -0.1) is 0 Å². The molecule has 5 nitrogen and oxygen atoms in total. The summed E-state index contributed by atoms with van der Waals surface area (Å²) in [5.41, 5.74) is 3.96. The zero-order chi connectivity index (χ0) is 21.0. The van der Waals surface area contributed by atoms with Gasteiger partial charge in [-0.05, 0) is 61.4 Å². The lowest BCUT2D eigenvalue weighted by Gasteiger charge is -2.19. The van der Waals surface area contributed by atoms with Crippen LogP contribution in [-0.2, 0) is 16.0 Å². The minimum Gasteiger partial charge on any atom is -0.322 e. The van der Waals surface area contributed by atoms with Crippen molar-refractivity contribution in [1.29, 1.82) is 0 Å². The average Bonchev–Trinajstić information content (AvgIpc) is 3.39. The number of hydrogen-bond acceptors (Lipinski definition) is 3. The number of rotatable bonds is 4. The van der Waals surface area contributed by atoms with Crippen molar-refractivity contribution in [1.82, 2.24) is 0 Å². The van der Waals surface area contributed by atoms with Crippen LogP contribution in [0.3, 0.4) is 0 Å². The van der Waals surface area contributed by atoms with Crippen LogP contribution < -0.4 is 10.2 Å². The number of amides is 3. The number of carbonyl (C=O) groups is 3. The Morgan fingerprint density at radius 2 is 1.83 bits per heavy atom. The molecule has 2 aromatic carbocycles. The van der Waals surface area contributed by atoms with E-state index < -0.39 is 0 Å². The van der Waals surface area contributed by atoms with Gasteiger partial charge in [0.05, 0.1) is 17.5 Å². The van der Waals surface area contributed by atoms with Crippen molar-refractivity contribution >= 4 is 29.1 Å². The fourth-order valence-corrected chi connectivity index (χ4v) is 5.46. The van der Waals surface area contributed by atoms with Crippen LogP contribution in [0, 0.1) is 23.7 Å². The highest BCUT2D eigenvalue weighted by molar-refractivity contribution is 6.23. The first-order valence-electron chi connectivity index (χ1n) is 10.5. The second-order valence-corrected chi connectivity index (χ2v) is 8.50. The van der Waals surface area contributed by atoms with Crippen LogP contribution in [0.4, 0.5) is 11.4 Å². The van der Waals surface area contributed by atoms with Crippen LogP contribution in [0.25, 0.3) is 0 Å². The highest BCUT2D eigenvalue weighted by Crippen LogP contribution is 2.55. The molecule has 1 saturated heterocycles. The van der Waals surface area contributed by atoms with E-state index in [4.69, 9.17) is 0 Å². The monoisotopic (exact) mass is 400 g/mol. The third kappa shape index (κ3) is 2.72. The van der Waals surface area contributed by atoms with E-state index in [1.807, 2.05) is 31.2 Å². The number of aryl methyl sites for hydroxylation is 1. The minimum atomic E-state index is -0.255. The van der Waals surface area contributed by atoms with E-state index in [9.17, 15) is 14.4 Å². The number of hydrogen-bond donors (Lipinski definition) is 1. The summed E-state index contributed by atoms with van der Waals surface area (Å²) in [4.78, 5) is 40.5. The third-order valence-electron chi connectivity index (χ3n) is 6.89. The van der Waals surface area contributed by atoms with Crippen LogP contribution in [0.5, 0.6) is 0 Å². The van der Waals surface area contributed by atoms with Crippen LogP contribution in [0.15, 0.2) is 60.2 Å². The number of nitrogens with zero attached hydrogens (tertiary/aromatic N) is 1. The van der Waals surface area contributed by atoms with Crippen molar-refractivity contribution in [2.24, 2.45) is 23.7 Å². The number of allylic oxidation sites excluding steroid dienone is 2. The first-order valence-corrected chi connectivity index (χ1v) is 10.5. The summed E-state index contributed by atoms with van der Waals surface area (Å²) in [5, 5.41) is 2.95. The fraction of sp³-hybridized carbons (Fsp3) is 0.320. The summed E-state index contributed by atoms with van der Waals surface area (Å²) >= 11 is 0. The second-order valence-electron chi connectivity index (χ2n) is 8.50. The first-order chi connectivity index (χ1) is 14.5. The predicted octanol–water partition coefficient (Wildman–Crippen LogP) is 4.20. The largest absolute Gasteiger partial charge is 0.322 e. The Bertz CT molecular complexity index is 1100. The summed E-state index contributed by atoms with van der Waals surface area (Å²) in [6.07, 6.45) is 3.88. The predicted molar refractivity (Wildman–Crippen MR) is 115 cm³/mol. The smallest absolute Gasteiger partial charge is 0.255 e. The zero-order valence-electron chi connectivity index (χ0n) is 17.1. The van der Waals surface area contributed by atoms with Crippen LogP contribution >= 0.6 is 0 Å². The lowest BCUT2D eigenvalue weighted by molar-refractivity contribution is -0.123. The van der Waals surface area contributed by atoms with E-state index in [-0.39, 0.29) is 41.4 Å². The van der Waals surface area contributed by atoms with Gasteiger partial charge in [-0.1, -0.05) is 42.8 Å². The molecule has 3 amide bonds. The van der Waals surface area contributed by atoms with Gasteiger partial charge < -0.3 is 5.32 Å². The highest BCUT2D eigenvalue weighted by atomic mass is 16.2. The Morgan fingerprint density at radius 3 is 2.63 bits per heavy atom. The standard InChI is InChI=1S/C25H24N2O3/c1-3-15-7-4-5-10-20(15)26-23(28)16-8-6-9-18(12-16)27-24(29)21-17-11-14(2)19(13-17)22(21)25(27)30/h4-12,17,19,21-22H,3,13H2,1-2H3,(H,26,28)/t17-,19+,21-,22+/m0/s1. The number of imide groups is 1. The molecule has 1 heterocycles. The number of fused-ring (bicyclic) bond motifs is 5. The Morgan fingerprint density at radius 1 is 1.07 bits per heavy atom. The summed E-state index contributed by atoms with van der Waals surface area (Å²) < 4.78 is 0. The van der Waals surface area contributed by atoms with E-state index in [0.29, 0.717) is 11.3 Å². The molecule has 4 atom stereocenters. The van der Waals surface area contributed by atoms with Gasteiger partial charge in [0.25, 0.3) is 5.91 Å². The number of para-hydroxylation sites is 1. The second kappa shape index (κ2) is 6.94. The maximum absolute atomic E-state index is 13.2. The van der Waals surface area contributed by atoms with Crippen molar-refractivity contribution in [3.8, 4) is 0 Å². The molecule has 2 bridgehead atoms. The van der Waals surface area contributed by atoms with E-state index in [0.717, 1.165) is 24.1 Å². The van der Waals surface area contributed by atoms with E-state index >= 15 is 0 Å². The molecule has 5 heteroatoms. The van der Waals surface area contributed by atoms with Crippen molar-refractivity contribution in [3.05, 3.63) is 71.3 Å². The lowest BCUT2D eigenvalue weighted by Crippen LogP contribution is -2.33. The van der Waals surface area contributed by atoms with Crippen molar-refractivity contribution < 1.29 is 14.4 Å². The maximum atomic E-state index is 13.2. The number of carbonyl (C=O) groups excluding carboxylic acids is 3. The van der Waals surface area contributed by atoms with E-state index in [2.05, 4.69) is 18.3 Å². The fourth-order valence-electron chi connectivity index (χ4n) is 5.46. The Hall–Kier alpha value is -3.21. The van der Waals surface area contributed by atoms with Crippen LogP contribution in [-0.4, -0.2) is 17.7 Å². The molecule has 1 aliphatic heterocycles. The molecule has 2 aliphatic carbocycles. The molecule has 152 valence electrons. The molecule has 30 heavy (non-hydrogen) atoms. The van der Waals surface area contributed by atoms with Crippen LogP contribution in [0.2, 0.25) is 0 Å². The molecule has 2 fully saturated rings. The topological polar surface area (TPSA) is 66.5 Å². The van der Waals surface area contributed by atoms with Gasteiger partial charge in [-0.2, -0.15) is 0 Å². The van der Waals surface area contributed by atoms with Crippen LogP contribution in [0.1, 0.15) is 36.2 Å². The molecule has 0 unspecified atom stereocenters. The number of benzene rings is 2. The SMILES string of the molecule is CCc1ccccc1NC(=O)c1cccc(N2C(=O)[C@@H]3[C@H](C2=O)[C@@H]2C[C@@H]3C=C2C)c1. The molecular weight excluding hydrogens is 376 g/mol. The third-order valence-corrected chi connectivity index (χ3v) is 6.89. The summed E-state index contributed by atoms with van der Waals surface area (Å²) in [5.74, 6) is -0.665. The van der Waals surface area contributed by atoms with Gasteiger partial charge in [0.1, 0.15) is 0 Å². The molecule has 0 aromatic heterocycles. The summed E-state index contributed by atoms with van der Waals surface area (Å²) in [6.45, 7) is 4.09. The van der Waals surface area contributed by atoms with Gasteiger partial charge in [0.2, 0.25) is 11.8 Å². The molecular formula is C25H24N2O3. The van der Waals surface area contributed by atoms with Crippen molar-refractivity contribution in [3.63, 3.8) is 0 Å². The molecule has 5 rings (SSSR count). The molecule has 1 saturated carbocycles. The number of anilines is 2. The summed E-state index contributed by atoms with van der Waals surface area (Å²) in [7, 11) is 0. The molecule has 0 radical (unpaired) electrons. The highest BCUT2D eigenvalue weighted by Gasteiger charge is 2.60.